The van der Waals surface area contributed by atoms with Gasteiger partial charge in [0.15, 0.2) is 0 Å². The Kier molecular flexibility index (Phi) is 4.48. The number of rotatable bonds is 4. The van der Waals surface area contributed by atoms with Gasteiger partial charge in [-0.3, -0.25) is 10.1 Å². The van der Waals surface area contributed by atoms with Gasteiger partial charge in [0.1, 0.15) is 17.4 Å². The number of nitrogens with one attached hydrogen (secondary N) is 1. The molecule has 1 N–H and O–H groups in total. The van der Waals surface area contributed by atoms with Crippen molar-refractivity contribution in [3.8, 4) is 0 Å². The molecule has 5 nitrogen and oxygen atoms in total. The van der Waals surface area contributed by atoms with Crippen LogP contribution in [0.4, 0.5) is 9.52 Å². The smallest absolute Gasteiger partial charge is 0.246 e. The summed E-state index contributed by atoms with van der Waals surface area (Å²) in [6.07, 6.45) is 7.88. The Morgan fingerprint density at radius 1 is 1.24 bits per heavy atom. The second-order valence-electron chi connectivity index (χ2n) is 6.48. The molecule has 1 amide bonds. The van der Waals surface area contributed by atoms with Crippen molar-refractivity contribution >= 4 is 33.3 Å². The third-order valence-electron chi connectivity index (χ3n) is 4.69. The van der Waals surface area contributed by atoms with Crippen LogP contribution in [0.5, 0.6) is 0 Å². The number of hydrogen-bond acceptors (Lipinski definition) is 4. The normalized spacial score (nSPS) is 15.6. The molecule has 2 heterocycles. The standard InChI is InChI=1S/C18H19FN4OS/c19-14-7-6-12-8-9-23(15(12)10-14)11-16(24)20-18-22-21-17(25-18)13-4-2-1-3-5-13/h6-10,13H,1-5,11H2,(H,20,22,24). The molecule has 25 heavy (non-hydrogen) atoms. The fourth-order valence-electron chi connectivity index (χ4n) is 3.41. The van der Waals surface area contributed by atoms with E-state index in [9.17, 15) is 9.18 Å². The van der Waals surface area contributed by atoms with Crippen molar-refractivity contribution in [2.75, 3.05) is 5.32 Å². The number of hydrogen-bond donors (Lipinski definition) is 1. The summed E-state index contributed by atoms with van der Waals surface area (Å²) in [6.45, 7) is 0.116. The van der Waals surface area contributed by atoms with Gasteiger partial charge in [0.25, 0.3) is 0 Å². The van der Waals surface area contributed by atoms with Crippen LogP contribution in [0, 0.1) is 5.82 Å². The second-order valence-corrected chi connectivity index (χ2v) is 7.48. The summed E-state index contributed by atoms with van der Waals surface area (Å²) in [7, 11) is 0. The average molecular weight is 358 g/mol. The first-order chi connectivity index (χ1) is 12.2. The second kappa shape index (κ2) is 6.92. The van der Waals surface area contributed by atoms with Crippen LogP contribution in [-0.4, -0.2) is 20.7 Å². The number of fused-ring (bicyclic) bond motifs is 1. The largest absolute Gasteiger partial charge is 0.338 e. The zero-order valence-electron chi connectivity index (χ0n) is 13.7. The van der Waals surface area contributed by atoms with Crippen molar-refractivity contribution in [3.63, 3.8) is 0 Å². The molecule has 2 aromatic heterocycles. The molecule has 1 fully saturated rings. The highest BCUT2D eigenvalue weighted by Crippen LogP contribution is 2.35. The first kappa shape index (κ1) is 16.2. The number of nitrogens with zero attached hydrogens (tertiary/aromatic N) is 3. The number of amides is 1. The third kappa shape index (κ3) is 3.56. The van der Waals surface area contributed by atoms with Gasteiger partial charge >= 0.3 is 0 Å². The molecule has 4 rings (SSSR count). The Balaban J connectivity index is 1.43. The Bertz CT molecular complexity index is 898. The van der Waals surface area contributed by atoms with E-state index in [0.717, 1.165) is 23.2 Å². The Hall–Kier alpha value is -2.28. The van der Waals surface area contributed by atoms with Crippen LogP contribution in [0.25, 0.3) is 10.9 Å². The highest BCUT2D eigenvalue weighted by Gasteiger charge is 2.20. The first-order valence-electron chi connectivity index (χ1n) is 8.57. The first-order valence-corrected chi connectivity index (χ1v) is 9.38. The average Bonchev–Trinajstić information content (AvgIpc) is 3.23. The van der Waals surface area contributed by atoms with E-state index in [4.69, 9.17) is 0 Å². The van der Waals surface area contributed by atoms with Crippen molar-refractivity contribution in [3.05, 3.63) is 41.3 Å². The quantitative estimate of drug-likeness (QED) is 0.756. The van der Waals surface area contributed by atoms with E-state index in [-0.39, 0.29) is 18.3 Å². The van der Waals surface area contributed by atoms with Crippen molar-refractivity contribution in [1.82, 2.24) is 14.8 Å². The number of carbonyl (C=O) groups excluding carboxylic acids is 1. The topological polar surface area (TPSA) is 59.8 Å². The molecule has 0 aliphatic heterocycles. The zero-order chi connectivity index (χ0) is 17.2. The molecule has 130 valence electrons. The van der Waals surface area contributed by atoms with Gasteiger partial charge in [0.05, 0.1) is 5.52 Å². The predicted octanol–water partition coefficient (Wildman–Crippen LogP) is 4.32. The monoisotopic (exact) mass is 358 g/mol. The van der Waals surface area contributed by atoms with Crippen molar-refractivity contribution in [1.29, 1.82) is 0 Å². The lowest BCUT2D eigenvalue weighted by molar-refractivity contribution is -0.116. The molecule has 1 aliphatic carbocycles. The summed E-state index contributed by atoms with van der Waals surface area (Å²) in [5.41, 5.74) is 0.704. The van der Waals surface area contributed by atoms with Gasteiger partial charge in [0.2, 0.25) is 11.0 Å². The minimum absolute atomic E-state index is 0.116. The summed E-state index contributed by atoms with van der Waals surface area (Å²) in [6, 6.07) is 6.43. The lowest BCUT2D eigenvalue weighted by Gasteiger charge is -2.18. The predicted molar refractivity (Wildman–Crippen MR) is 96.3 cm³/mol. The van der Waals surface area contributed by atoms with Gasteiger partial charge in [-0.2, -0.15) is 0 Å². The van der Waals surface area contributed by atoms with Crippen molar-refractivity contribution in [2.24, 2.45) is 0 Å². The fraction of sp³-hybridized carbons (Fsp3) is 0.389. The summed E-state index contributed by atoms with van der Waals surface area (Å²) in [5, 5.41) is 13.6. The maximum absolute atomic E-state index is 13.4. The molecule has 0 unspecified atom stereocenters. The van der Waals surface area contributed by atoms with E-state index in [1.807, 2.05) is 6.07 Å². The van der Waals surface area contributed by atoms with Crippen LogP contribution in [0.2, 0.25) is 0 Å². The van der Waals surface area contributed by atoms with Gasteiger partial charge in [-0.05, 0) is 42.5 Å². The van der Waals surface area contributed by atoms with Crippen LogP contribution < -0.4 is 5.32 Å². The summed E-state index contributed by atoms with van der Waals surface area (Å²) >= 11 is 1.46. The molecule has 3 aromatic rings. The molecule has 0 radical (unpaired) electrons. The Morgan fingerprint density at radius 3 is 2.92 bits per heavy atom. The van der Waals surface area contributed by atoms with E-state index >= 15 is 0 Å². The molecular weight excluding hydrogens is 339 g/mol. The molecule has 0 saturated heterocycles. The van der Waals surface area contributed by atoms with Crippen LogP contribution in [-0.2, 0) is 11.3 Å². The van der Waals surface area contributed by atoms with Gasteiger partial charge < -0.3 is 4.57 Å². The number of halogens is 1. The lowest BCUT2D eigenvalue weighted by atomic mass is 9.90. The molecule has 0 spiro atoms. The van der Waals surface area contributed by atoms with E-state index < -0.39 is 0 Å². The zero-order valence-corrected chi connectivity index (χ0v) is 14.6. The van der Waals surface area contributed by atoms with Gasteiger partial charge in [-0.1, -0.05) is 30.6 Å². The third-order valence-corrected chi connectivity index (χ3v) is 5.69. The van der Waals surface area contributed by atoms with Crippen LogP contribution in [0.15, 0.2) is 30.5 Å². The van der Waals surface area contributed by atoms with Crippen molar-refractivity contribution in [2.45, 2.75) is 44.6 Å². The maximum atomic E-state index is 13.4. The highest BCUT2D eigenvalue weighted by atomic mass is 32.1. The summed E-state index contributed by atoms with van der Waals surface area (Å²) < 4.78 is 15.2. The number of carbonyl (C=O) groups is 1. The SMILES string of the molecule is O=C(Cn1ccc2ccc(F)cc21)Nc1nnc(C2CCCCC2)s1. The molecule has 1 aliphatic rings. The minimum atomic E-state index is -0.311. The molecular formula is C18H19FN4OS. The highest BCUT2D eigenvalue weighted by molar-refractivity contribution is 7.15. The fourth-order valence-corrected chi connectivity index (χ4v) is 4.34. The van der Waals surface area contributed by atoms with Crippen molar-refractivity contribution < 1.29 is 9.18 Å². The maximum Gasteiger partial charge on any atom is 0.246 e. The Labute approximate surface area is 148 Å². The van der Waals surface area contributed by atoms with Crippen LogP contribution >= 0.6 is 11.3 Å². The van der Waals surface area contributed by atoms with E-state index in [1.54, 1.807) is 16.8 Å². The van der Waals surface area contributed by atoms with Crippen LogP contribution in [0.3, 0.4) is 0 Å². The lowest BCUT2D eigenvalue weighted by Crippen LogP contribution is -2.18. The van der Waals surface area contributed by atoms with E-state index in [0.29, 0.717) is 16.6 Å². The molecule has 0 bridgehead atoms. The van der Waals surface area contributed by atoms with E-state index in [1.165, 1.54) is 42.7 Å². The molecule has 0 atom stereocenters. The summed E-state index contributed by atoms with van der Waals surface area (Å²) in [4.78, 5) is 12.3. The Morgan fingerprint density at radius 2 is 2.08 bits per heavy atom. The number of anilines is 1. The van der Waals surface area contributed by atoms with Gasteiger partial charge in [0, 0.05) is 12.1 Å². The minimum Gasteiger partial charge on any atom is -0.338 e. The summed E-state index contributed by atoms with van der Waals surface area (Å²) in [5.74, 6) is -0.0181. The molecule has 1 aromatic carbocycles. The van der Waals surface area contributed by atoms with Gasteiger partial charge in [-0.15, -0.1) is 10.2 Å². The molecule has 1 saturated carbocycles. The van der Waals surface area contributed by atoms with E-state index in [2.05, 4.69) is 15.5 Å². The van der Waals surface area contributed by atoms with Gasteiger partial charge in [-0.25, -0.2) is 4.39 Å². The molecule has 7 heteroatoms. The van der Waals surface area contributed by atoms with Crippen LogP contribution in [0.1, 0.15) is 43.0 Å². The number of aromatic nitrogens is 3. The number of benzene rings is 1.